The lowest BCUT2D eigenvalue weighted by atomic mass is 10.0. The smallest absolute Gasteiger partial charge is 0.256 e. The first-order chi connectivity index (χ1) is 11.6. The van der Waals surface area contributed by atoms with Crippen molar-refractivity contribution in [3.05, 3.63) is 53.1 Å². The van der Waals surface area contributed by atoms with Crippen molar-refractivity contribution < 1.29 is 14.3 Å². The minimum absolute atomic E-state index is 0.116. The lowest BCUT2D eigenvalue weighted by molar-refractivity contribution is -0.110. The van der Waals surface area contributed by atoms with Gasteiger partial charge in [-0.05, 0) is 47.9 Å². The first kappa shape index (κ1) is 16.4. The summed E-state index contributed by atoms with van der Waals surface area (Å²) in [6.45, 7) is 0. The van der Waals surface area contributed by atoms with Crippen LogP contribution in [0.4, 0.5) is 5.69 Å². The van der Waals surface area contributed by atoms with Gasteiger partial charge in [-0.1, -0.05) is 6.07 Å². The summed E-state index contributed by atoms with van der Waals surface area (Å²) in [5.41, 5.74) is 4.28. The summed E-state index contributed by atoms with van der Waals surface area (Å²) in [6.07, 6.45) is 2.61. The van der Waals surface area contributed by atoms with E-state index in [0.717, 1.165) is 28.8 Å². The number of benzene rings is 2. The van der Waals surface area contributed by atoms with Crippen LogP contribution in [0.1, 0.15) is 16.7 Å². The Kier molecular flexibility index (Phi) is 4.76. The Hall–Kier alpha value is -2.46. The number of carbonyl (C=O) groups is 1. The SMILES string of the molecule is COc1cc(C=C2C(=O)Nc3ccc(CCCl)cc32)cc(OC)c1. The molecule has 124 valence electrons. The molecule has 0 bridgehead atoms. The Morgan fingerprint density at radius 2 is 1.79 bits per heavy atom. The minimum atomic E-state index is -0.116. The molecule has 0 aliphatic carbocycles. The number of hydrogen-bond acceptors (Lipinski definition) is 3. The third-order valence-electron chi connectivity index (χ3n) is 3.93. The quantitative estimate of drug-likeness (QED) is 0.660. The van der Waals surface area contributed by atoms with Crippen molar-refractivity contribution in [2.24, 2.45) is 0 Å². The van der Waals surface area contributed by atoms with Crippen LogP contribution in [-0.4, -0.2) is 26.0 Å². The number of hydrogen-bond donors (Lipinski definition) is 1. The molecule has 2 aromatic carbocycles. The van der Waals surface area contributed by atoms with Crippen LogP contribution in [0.3, 0.4) is 0 Å². The number of alkyl halides is 1. The van der Waals surface area contributed by atoms with Gasteiger partial charge in [0.25, 0.3) is 5.91 Å². The molecule has 24 heavy (non-hydrogen) atoms. The zero-order chi connectivity index (χ0) is 17.1. The molecule has 0 aromatic heterocycles. The highest BCUT2D eigenvalue weighted by atomic mass is 35.5. The van der Waals surface area contributed by atoms with Crippen molar-refractivity contribution in [1.82, 2.24) is 0 Å². The summed E-state index contributed by atoms with van der Waals surface area (Å²) in [5.74, 6) is 1.79. The van der Waals surface area contributed by atoms with Gasteiger partial charge in [0.15, 0.2) is 0 Å². The van der Waals surface area contributed by atoms with E-state index < -0.39 is 0 Å². The highest BCUT2D eigenvalue weighted by Crippen LogP contribution is 2.35. The lowest BCUT2D eigenvalue weighted by Gasteiger charge is -2.07. The van der Waals surface area contributed by atoms with Gasteiger partial charge in [0.05, 0.1) is 14.2 Å². The Morgan fingerprint density at radius 1 is 1.08 bits per heavy atom. The lowest BCUT2D eigenvalue weighted by Crippen LogP contribution is -2.03. The summed E-state index contributed by atoms with van der Waals surface area (Å²) in [4.78, 5) is 12.3. The number of fused-ring (bicyclic) bond motifs is 1. The minimum Gasteiger partial charge on any atom is -0.497 e. The molecule has 1 aliphatic rings. The van der Waals surface area contributed by atoms with Crippen LogP contribution in [0.25, 0.3) is 11.6 Å². The molecule has 1 amide bonds. The predicted molar refractivity (Wildman–Crippen MR) is 96.9 cm³/mol. The average Bonchev–Trinajstić information content (AvgIpc) is 2.90. The van der Waals surface area contributed by atoms with Crippen molar-refractivity contribution in [3.8, 4) is 11.5 Å². The van der Waals surface area contributed by atoms with Crippen LogP contribution < -0.4 is 14.8 Å². The molecule has 0 unspecified atom stereocenters. The molecule has 2 aromatic rings. The summed E-state index contributed by atoms with van der Waals surface area (Å²) >= 11 is 5.82. The molecule has 0 atom stereocenters. The van der Waals surface area contributed by atoms with Crippen LogP contribution in [0.2, 0.25) is 0 Å². The number of amides is 1. The summed E-state index contributed by atoms with van der Waals surface area (Å²) < 4.78 is 10.6. The van der Waals surface area contributed by atoms with Crippen LogP contribution >= 0.6 is 11.6 Å². The van der Waals surface area contributed by atoms with Crippen LogP contribution in [0.15, 0.2) is 36.4 Å². The molecule has 0 radical (unpaired) electrons. The van der Waals surface area contributed by atoms with E-state index in [1.165, 1.54) is 0 Å². The van der Waals surface area contributed by atoms with E-state index in [9.17, 15) is 4.79 Å². The van der Waals surface area contributed by atoms with Gasteiger partial charge in [-0.15, -0.1) is 11.6 Å². The fourth-order valence-electron chi connectivity index (χ4n) is 2.72. The highest BCUT2D eigenvalue weighted by Gasteiger charge is 2.24. The van der Waals surface area contributed by atoms with Gasteiger partial charge in [0.1, 0.15) is 11.5 Å². The molecule has 0 fully saturated rings. The third-order valence-corrected chi connectivity index (χ3v) is 4.12. The highest BCUT2D eigenvalue weighted by molar-refractivity contribution is 6.35. The van der Waals surface area contributed by atoms with Gasteiger partial charge in [-0.3, -0.25) is 4.79 Å². The van der Waals surface area contributed by atoms with E-state index in [4.69, 9.17) is 21.1 Å². The van der Waals surface area contributed by atoms with Crippen molar-refractivity contribution in [3.63, 3.8) is 0 Å². The molecule has 3 rings (SSSR count). The third kappa shape index (κ3) is 3.24. The maximum Gasteiger partial charge on any atom is 0.256 e. The van der Waals surface area contributed by atoms with E-state index in [-0.39, 0.29) is 5.91 Å². The molecule has 4 nitrogen and oxygen atoms in total. The Morgan fingerprint density at radius 3 is 2.42 bits per heavy atom. The van der Waals surface area contributed by atoms with Crippen molar-refractivity contribution >= 4 is 34.8 Å². The number of halogens is 1. The monoisotopic (exact) mass is 343 g/mol. The standard InChI is InChI=1S/C19H18ClNO3/c1-23-14-7-13(8-15(11-14)24-2)10-17-16-9-12(5-6-20)3-4-18(16)21-19(17)22/h3-4,7-11H,5-6H2,1-2H3,(H,21,22). The fraction of sp³-hybridized carbons (Fsp3) is 0.211. The Labute approximate surface area is 146 Å². The molecule has 0 spiro atoms. The normalized spacial score (nSPS) is 14.5. The number of ether oxygens (including phenoxy) is 2. The van der Waals surface area contributed by atoms with Gasteiger partial charge < -0.3 is 14.8 Å². The van der Waals surface area contributed by atoms with Gasteiger partial charge >= 0.3 is 0 Å². The maximum atomic E-state index is 12.3. The predicted octanol–water partition coefficient (Wildman–Crippen LogP) is 3.98. The van der Waals surface area contributed by atoms with E-state index in [1.807, 2.05) is 36.4 Å². The van der Waals surface area contributed by atoms with Gasteiger partial charge in [-0.25, -0.2) is 0 Å². The number of carbonyl (C=O) groups excluding carboxylic acids is 1. The molecular formula is C19H18ClNO3. The molecule has 1 aliphatic heterocycles. The van der Waals surface area contributed by atoms with Crippen LogP contribution in [0.5, 0.6) is 11.5 Å². The molecule has 0 saturated carbocycles. The Balaban J connectivity index is 2.05. The number of nitrogens with one attached hydrogen (secondary N) is 1. The fourth-order valence-corrected chi connectivity index (χ4v) is 2.94. The largest absolute Gasteiger partial charge is 0.497 e. The van der Waals surface area contributed by atoms with E-state index in [0.29, 0.717) is 23.0 Å². The van der Waals surface area contributed by atoms with E-state index >= 15 is 0 Å². The van der Waals surface area contributed by atoms with Crippen molar-refractivity contribution in [1.29, 1.82) is 0 Å². The average molecular weight is 344 g/mol. The van der Waals surface area contributed by atoms with Crippen molar-refractivity contribution in [2.45, 2.75) is 6.42 Å². The molecule has 0 saturated heterocycles. The molecular weight excluding hydrogens is 326 g/mol. The summed E-state index contributed by atoms with van der Waals surface area (Å²) in [7, 11) is 3.20. The van der Waals surface area contributed by atoms with E-state index in [2.05, 4.69) is 5.32 Å². The van der Waals surface area contributed by atoms with Gasteiger partial charge in [0, 0.05) is 28.8 Å². The van der Waals surface area contributed by atoms with Crippen molar-refractivity contribution in [2.75, 3.05) is 25.4 Å². The zero-order valence-corrected chi connectivity index (χ0v) is 14.3. The van der Waals surface area contributed by atoms with Crippen LogP contribution in [0, 0.1) is 0 Å². The first-order valence-electron chi connectivity index (χ1n) is 7.60. The second-order valence-electron chi connectivity index (χ2n) is 5.48. The number of anilines is 1. The number of aryl methyl sites for hydroxylation is 1. The van der Waals surface area contributed by atoms with E-state index in [1.54, 1.807) is 20.3 Å². The molecule has 1 heterocycles. The maximum absolute atomic E-state index is 12.3. The Bertz CT molecular complexity index is 792. The summed E-state index contributed by atoms with van der Waals surface area (Å²) in [5, 5.41) is 2.89. The summed E-state index contributed by atoms with van der Waals surface area (Å²) in [6, 6.07) is 11.4. The second kappa shape index (κ2) is 6.97. The van der Waals surface area contributed by atoms with Gasteiger partial charge in [0.2, 0.25) is 0 Å². The first-order valence-corrected chi connectivity index (χ1v) is 8.13. The number of rotatable bonds is 5. The topological polar surface area (TPSA) is 47.6 Å². The van der Waals surface area contributed by atoms with Crippen LogP contribution in [-0.2, 0) is 11.2 Å². The molecule has 1 N–H and O–H groups in total. The second-order valence-corrected chi connectivity index (χ2v) is 5.86. The zero-order valence-electron chi connectivity index (χ0n) is 13.6. The number of methoxy groups -OCH3 is 2. The molecule has 5 heteroatoms. The van der Waals surface area contributed by atoms with Gasteiger partial charge in [-0.2, -0.15) is 0 Å².